The molecule has 0 radical (unpaired) electrons. The van der Waals surface area contributed by atoms with E-state index in [0.29, 0.717) is 31.2 Å². The van der Waals surface area contributed by atoms with Crippen molar-refractivity contribution >= 4 is 45.9 Å². The first-order valence-electron chi connectivity index (χ1n) is 11.3. The Morgan fingerprint density at radius 1 is 1.17 bits per heavy atom. The van der Waals surface area contributed by atoms with Gasteiger partial charge in [0.15, 0.2) is 4.80 Å². The molecule has 5 rings (SSSR count). The average molecular weight is 506 g/mol. The van der Waals surface area contributed by atoms with Crippen LogP contribution in [0.15, 0.2) is 75.8 Å². The minimum atomic E-state index is -0.735. The van der Waals surface area contributed by atoms with E-state index in [-0.39, 0.29) is 11.7 Å². The highest BCUT2D eigenvalue weighted by Gasteiger charge is 2.34. The van der Waals surface area contributed by atoms with Crippen LogP contribution in [0.5, 0.6) is 0 Å². The first kappa shape index (κ1) is 23.3. The van der Waals surface area contributed by atoms with Crippen LogP contribution in [0.25, 0.3) is 17.0 Å². The molecule has 35 heavy (non-hydrogen) atoms. The summed E-state index contributed by atoms with van der Waals surface area (Å²) in [5.74, 6) is -0.505. The summed E-state index contributed by atoms with van der Waals surface area (Å²) in [5.41, 5.74) is 3.27. The molecular formula is C27H24ClN3O3S. The quantitative estimate of drug-likeness (QED) is 0.388. The number of benzene rings is 2. The molecule has 1 aliphatic rings. The van der Waals surface area contributed by atoms with Gasteiger partial charge < -0.3 is 9.30 Å². The van der Waals surface area contributed by atoms with Crippen LogP contribution in [0.1, 0.15) is 37.9 Å². The predicted molar refractivity (Wildman–Crippen MR) is 139 cm³/mol. The van der Waals surface area contributed by atoms with E-state index >= 15 is 0 Å². The Bertz CT molecular complexity index is 1690. The van der Waals surface area contributed by atoms with Crippen molar-refractivity contribution in [3.05, 3.63) is 102 Å². The number of hydrogen-bond acceptors (Lipinski definition) is 5. The Morgan fingerprint density at radius 3 is 2.63 bits per heavy atom. The van der Waals surface area contributed by atoms with Crippen LogP contribution in [0.4, 0.5) is 0 Å². The molecule has 2 aromatic heterocycles. The third-order valence-electron chi connectivity index (χ3n) is 6.00. The van der Waals surface area contributed by atoms with Gasteiger partial charge in [-0.2, -0.15) is 0 Å². The second kappa shape index (κ2) is 8.98. The van der Waals surface area contributed by atoms with Crippen LogP contribution in [-0.4, -0.2) is 21.2 Å². The molecule has 6 nitrogen and oxygen atoms in total. The van der Waals surface area contributed by atoms with Crippen molar-refractivity contribution in [2.75, 3.05) is 0 Å². The normalized spacial score (nSPS) is 16.1. The van der Waals surface area contributed by atoms with Crippen molar-refractivity contribution < 1.29 is 9.53 Å². The highest BCUT2D eigenvalue weighted by Crippen LogP contribution is 2.34. The van der Waals surface area contributed by atoms with Crippen molar-refractivity contribution in [2.24, 2.45) is 12.0 Å². The van der Waals surface area contributed by atoms with Gasteiger partial charge >= 0.3 is 5.97 Å². The Hall–Kier alpha value is -3.42. The van der Waals surface area contributed by atoms with Crippen LogP contribution in [0.2, 0.25) is 5.02 Å². The second-order valence-corrected chi connectivity index (χ2v) is 10.2. The minimum absolute atomic E-state index is 0.228. The molecule has 0 saturated carbocycles. The number of halogens is 1. The molecule has 1 aliphatic heterocycles. The molecule has 0 amide bonds. The van der Waals surface area contributed by atoms with Crippen molar-refractivity contribution in [1.29, 1.82) is 0 Å². The zero-order valence-corrected chi connectivity index (χ0v) is 21.4. The summed E-state index contributed by atoms with van der Waals surface area (Å²) >= 11 is 7.88. The summed E-state index contributed by atoms with van der Waals surface area (Å²) in [4.78, 5) is 32.1. The molecule has 0 fully saturated rings. The fraction of sp³-hybridized carbons (Fsp3) is 0.222. The summed E-state index contributed by atoms with van der Waals surface area (Å²) in [6, 6.07) is 14.6. The second-order valence-electron chi connectivity index (χ2n) is 8.77. The molecule has 0 saturated heterocycles. The molecule has 8 heteroatoms. The van der Waals surface area contributed by atoms with Crippen molar-refractivity contribution in [2.45, 2.75) is 32.9 Å². The summed E-state index contributed by atoms with van der Waals surface area (Å²) in [5, 5.41) is 1.52. The number of carbonyl (C=O) groups excluding carboxylic acids is 1. The lowest BCUT2D eigenvalue weighted by molar-refractivity contribution is -0.143. The Balaban J connectivity index is 1.76. The van der Waals surface area contributed by atoms with Crippen molar-refractivity contribution in [3.8, 4) is 0 Å². The maximum absolute atomic E-state index is 13.8. The van der Waals surface area contributed by atoms with Crippen molar-refractivity contribution in [3.63, 3.8) is 0 Å². The number of allylic oxidation sites excluding steroid dienone is 1. The number of aromatic nitrogens is 2. The van der Waals surface area contributed by atoms with Crippen LogP contribution < -0.4 is 14.9 Å². The van der Waals surface area contributed by atoms with Crippen molar-refractivity contribution in [1.82, 2.24) is 9.13 Å². The molecule has 0 N–H and O–H groups in total. The van der Waals surface area contributed by atoms with Gasteiger partial charge in [-0.3, -0.25) is 9.36 Å². The molecule has 178 valence electrons. The Labute approximate surface area is 211 Å². The average Bonchev–Trinajstić information content (AvgIpc) is 3.29. The zero-order valence-electron chi connectivity index (χ0n) is 19.8. The number of thiazole rings is 1. The summed E-state index contributed by atoms with van der Waals surface area (Å²) in [6.07, 6.45) is 3.58. The van der Waals surface area contributed by atoms with E-state index in [9.17, 15) is 9.59 Å². The smallest absolute Gasteiger partial charge is 0.338 e. The number of fused-ring (bicyclic) bond motifs is 2. The van der Waals surface area contributed by atoms with E-state index < -0.39 is 12.0 Å². The van der Waals surface area contributed by atoms with E-state index in [4.69, 9.17) is 16.3 Å². The fourth-order valence-corrected chi connectivity index (χ4v) is 5.76. The number of aryl methyl sites for hydroxylation is 1. The lowest BCUT2D eigenvalue weighted by atomic mass is 9.96. The van der Waals surface area contributed by atoms with Gasteiger partial charge in [0.1, 0.15) is 6.04 Å². The lowest BCUT2D eigenvalue weighted by Crippen LogP contribution is -2.40. The molecule has 4 aromatic rings. The van der Waals surface area contributed by atoms with Crippen LogP contribution in [0, 0.1) is 0 Å². The van der Waals surface area contributed by atoms with Gasteiger partial charge in [0.05, 0.1) is 21.9 Å². The van der Waals surface area contributed by atoms with Crippen LogP contribution in [-0.2, 0) is 16.6 Å². The number of nitrogens with zero attached hydrogens (tertiary/aromatic N) is 3. The third-order valence-corrected chi connectivity index (χ3v) is 7.33. The molecular weight excluding hydrogens is 482 g/mol. The lowest BCUT2D eigenvalue weighted by Gasteiger charge is -2.26. The SMILES string of the molecule is CC1=C(C(=O)OC(C)C)C(c2ccccc2Cl)n2c(sc(=Cc3cn(C)c4ccccc34)c2=O)=N1. The van der Waals surface area contributed by atoms with Gasteiger partial charge in [-0.1, -0.05) is 59.3 Å². The number of rotatable bonds is 4. The topological polar surface area (TPSA) is 65.6 Å². The number of esters is 1. The molecule has 1 atom stereocenters. The molecule has 1 unspecified atom stereocenters. The summed E-state index contributed by atoms with van der Waals surface area (Å²) in [7, 11) is 1.98. The molecule has 0 bridgehead atoms. The monoisotopic (exact) mass is 505 g/mol. The van der Waals surface area contributed by atoms with E-state index in [2.05, 4.69) is 4.99 Å². The highest BCUT2D eigenvalue weighted by molar-refractivity contribution is 7.07. The van der Waals surface area contributed by atoms with E-state index in [1.54, 1.807) is 31.4 Å². The molecule has 3 heterocycles. The first-order valence-corrected chi connectivity index (χ1v) is 12.5. The summed E-state index contributed by atoms with van der Waals surface area (Å²) in [6.45, 7) is 5.35. The summed E-state index contributed by atoms with van der Waals surface area (Å²) < 4.78 is 9.67. The Kier molecular flexibility index (Phi) is 5.99. The van der Waals surface area contributed by atoms with E-state index in [1.807, 2.05) is 66.4 Å². The minimum Gasteiger partial charge on any atom is -0.459 e. The first-order chi connectivity index (χ1) is 16.8. The van der Waals surface area contributed by atoms with Gasteiger partial charge in [-0.25, -0.2) is 9.79 Å². The van der Waals surface area contributed by atoms with E-state index in [0.717, 1.165) is 16.5 Å². The van der Waals surface area contributed by atoms with Crippen LogP contribution >= 0.6 is 22.9 Å². The number of carbonyl (C=O) groups is 1. The van der Waals surface area contributed by atoms with Gasteiger partial charge in [0, 0.05) is 34.7 Å². The van der Waals surface area contributed by atoms with E-state index in [1.165, 1.54) is 11.3 Å². The highest BCUT2D eigenvalue weighted by atomic mass is 35.5. The number of ether oxygens (including phenoxy) is 1. The van der Waals surface area contributed by atoms with Gasteiger partial charge in [-0.15, -0.1) is 0 Å². The number of para-hydroxylation sites is 1. The maximum atomic E-state index is 13.8. The standard InChI is InChI=1S/C27H24ClN3O3S/c1-15(2)34-26(33)23-16(3)29-27-31(24(23)19-10-5-7-11-20(19)28)25(32)22(35-27)13-17-14-30(4)21-12-8-6-9-18(17)21/h5-15,24H,1-4H3. The van der Waals surface area contributed by atoms with Gasteiger partial charge in [-0.05, 0) is 44.5 Å². The number of hydrogen-bond donors (Lipinski definition) is 0. The largest absolute Gasteiger partial charge is 0.459 e. The van der Waals surface area contributed by atoms with Gasteiger partial charge in [0.25, 0.3) is 5.56 Å². The van der Waals surface area contributed by atoms with Gasteiger partial charge in [0.2, 0.25) is 0 Å². The zero-order chi connectivity index (χ0) is 24.9. The fourth-order valence-electron chi connectivity index (χ4n) is 4.48. The molecule has 0 aliphatic carbocycles. The predicted octanol–water partition coefficient (Wildman–Crippen LogP) is 4.33. The van der Waals surface area contributed by atoms with Crippen LogP contribution in [0.3, 0.4) is 0 Å². The Morgan fingerprint density at radius 2 is 1.89 bits per heavy atom. The third kappa shape index (κ3) is 4.05. The molecule has 2 aromatic carbocycles. The molecule has 0 spiro atoms. The maximum Gasteiger partial charge on any atom is 0.338 e.